The second kappa shape index (κ2) is 4.71. The minimum Gasteiger partial charge on any atom is -0.313 e. The summed E-state index contributed by atoms with van der Waals surface area (Å²) < 4.78 is 0.997. The number of carbonyl (C=O) groups is 1. The molecule has 1 aromatic rings. The molecule has 0 atom stereocenters. The highest BCUT2D eigenvalue weighted by Gasteiger charge is 2.10. The van der Waals surface area contributed by atoms with Crippen LogP contribution in [0.2, 0.25) is 0 Å². The monoisotopic (exact) mass is 255 g/mol. The van der Waals surface area contributed by atoms with Crippen molar-refractivity contribution in [1.82, 2.24) is 5.32 Å². The highest BCUT2D eigenvalue weighted by molar-refractivity contribution is 9.10. The third-order valence-electron chi connectivity index (χ3n) is 2.13. The maximum atomic E-state index is 11.7. The van der Waals surface area contributed by atoms with Crippen molar-refractivity contribution in [2.45, 2.75) is 13.8 Å². The van der Waals surface area contributed by atoms with Gasteiger partial charge in [-0.25, -0.2) is 0 Å². The molecule has 0 aromatic heterocycles. The second-order valence-electron chi connectivity index (χ2n) is 3.37. The van der Waals surface area contributed by atoms with Gasteiger partial charge in [0.05, 0.1) is 6.54 Å². The highest BCUT2D eigenvalue weighted by atomic mass is 79.9. The fourth-order valence-electron chi connectivity index (χ4n) is 1.36. The number of ketones is 1. The zero-order valence-electron chi connectivity index (χ0n) is 8.65. The van der Waals surface area contributed by atoms with E-state index in [0.29, 0.717) is 6.54 Å². The first-order valence-electron chi connectivity index (χ1n) is 4.50. The van der Waals surface area contributed by atoms with Gasteiger partial charge in [0.15, 0.2) is 5.78 Å². The van der Waals surface area contributed by atoms with E-state index in [4.69, 9.17) is 0 Å². The lowest BCUT2D eigenvalue weighted by Crippen LogP contribution is -2.19. The van der Waals surface area contributed by atoms with E-state index >= 15 is 0 Å². The van der Waals surface area contributed by atoms with Crippen LogP contribution in [-0.4, -0.2) is 19.4 Å². The SMILES string of the molecule is CNCC(=O)c1cc(C)cc(Br)c1C. The highest BCUT2D eigenvalue weighted by Crippen LogP contribution is 2.22. The summed E-state index contributed by atoms with van der Waals surface area (Å²) in [6.45, 7) is 4.32. The standard InChI is InChI=1S/C11H14BrNO/c1-7-4-9(11(14)6-13-3)8(2)10(12)5-7/h4-5,13H,6H2,1-3H3. The molecule has 0 unspecified atom stereocenters. The number of carbonyl (C=O) groups excluding carboxylic acids is 1. The molecular formula is C11H14BrNO. The van der Waals surface area contributed by atoms with Gasteiger partial charge in [-0.2, -0.15) is 0 Å². The van der Waals surface area contributed by atoms with Crippen molar-refractivity contribution in [2.75, 3.05) is 13.6 Å². The van der Waals surface area contributed by atoms with Crippen molar-refractivity contribution in [2.24, 2.45) is 0 Å². The predicted octanol–water partition coefficient (Wildman–Crippen LogP) is 2.47. The van der Waals surface area contributed by atoms with Crippen molar-refractivity contribution in [3.63, 3.8) is 0 Å². The summed E-state index contributed by atoms with van der Waals surface area (Å²) in [7, 11) is 1.78. The number of likely N-dealkylation sites (N-methyl/N-ethyl adjacent to an activating group) is 1. The van der Waals surface area contributed by atoms with E-state index < -0.39 is 0 Å². The molecule has 2 nitrogen and oxygen atoms in total. The molecule has 0 aliphatic heterocycles. The molecule has 3 heteroatoms. The van der Waals surface area contributed by atoms with Crippen LogP contribution >= 0.6 is 15.9 Å². The summed E-state index contributed by atoms with van der Waals surface area (Å²) in [6.07, 6.45) is 0. The van der Waals surface area contributed by atoms with Crippen LogP contribution in [0.15, 0.2) is 16.6 Å². The van der Waals surface area contributed by atoms with Gasteiger partial charge in [0.25, 0.3) is 0 Å². The zero-order chi connectivity index (χ0) is 10.7. The van der Waals surface area contributed by atoms with E-state index in [1.165, 1.54) is 0 Å². The average molecular weight is 256 g/mol. The molecule has 0 saturated heterocycles. The summed E-state index contributed by atoms with van der Waals surface area (Å²) >= 11 is 3.44. The van der Waals surface area contributed by atoms with Crippen molar-refractivity contribution >= 4 is 21.7 Å². The number of nitrogens with one attached hydrogen (secondary N) is 1. The van der Waals surface area contributed by atoms with Gasteiger partial charge < -0.3 is 5.32 Å². The molecule has 0 fully saturated rings. The van der Waals surface area contributed by atoms with Gasteiger partial charge in [-0.15, -0.1) is 0 Å². The Morgan fingerprint density at radius 2 is 2.07 bits per heavy atom. The molecule has 1 aromatic carbocycles. The summed E-state index contributed by atoms with van der Waals surface area (Å²) in [5.41, 5.74) is 2.91. The molecule has 0 bridgehead atoms. The molecule has 0 spiro atoms. The first-order valence-corrected chi connectivity index (χ1v) is 5.30. The summed E-state index contributed by atoms with van der Waals surface area (Å²) in [5.74, 6) is 0.134. The van der Waals surface area contributed by atoms with E-state index in [1.54, 1.807) is 7.05 Å². The van der Waals surface area contributed by atoms with E-state index in [1.807, 2.05) is 26.0 Å². The zero-order valence-corrected chi connectivity index (χ0v) is 10.2. The minimum atomic E-state index is 0.134. The van der Waals surface area contributed by atoms with Gasteiger partial charge in [0.1, 0.15) is 0 Å². The smallest absolute Gasteiger partial charge is 0.176 e. The lowest BCUT2D eigenvalue weighted by molar-refractivity contribution is 0.0993. The Labute approximate surface area is 92.8 Å². The third-order valence-corrected chi connectivity index (χ3v) is 2.95. The first-order chi connectivity index (χ1) is 6.56. The summed E-state index contributed by atoms with van der Waals surface area (Å²) in [4.78, 5) is 11.7. The predicted molar refractivity (Wildman–Crippen MR) is 61.9 cm³/mol. The van der Waals surface area contributed by atoms with E-state index in [9.17, 15) is 4.79 Å². The van der Waals surface area contributed by atoms with Crippen LogP contribution in [0, 0.1) is 13.8 Å². The number of hydrogen-bond acceptors (Lipinski definition) is 2. The quantitative estimate of drug-likeness (QED) is 0.842. The van der Waals surface area contributed by atoms with Crippen LogP contribution in [0.4, 0.5) is 0 Å². The molecule has 0 saturated carbocycles. The van der Waals surface area contributed by atoms with Crippen LogP contribution in [0.5, 0.6) is 0 Å². The van der Waals surface area contributed by atoms with Gasteiger partial charge >= 0.3 is 0 Å². The van der Waals surface area contributed by atoms with Crippen molar-refractivity contribution < 1.29 is 4.79 Å². The Bertz CT molecular complexity index is 361. The molecule has 0 radical (unpaired) electrons. The van der Waals surface area contributed by atoms with Gasteiger partial charge in [-0.05, 0) is 44.2 Å². The van der Waals surface area contributed by atoms with Crippen molar-refractivity contribution in [1.29, 1.82) is 0 Å². The van der Waals surface area contributed by atoms with Gasteiger partial charge in [-0.3, -0.25) is 4.79 Å². The maximum absolute atomic E-state index is 11.7. The maximum Gasteiger partial charge on any atom is 0.176 e. The number of benzene rings is 1. The van der Waals surface area contributed by atoms with Crippen LogP contribution in [-0.2, 0) is 0 Å². The molecule has 76 valence electrons. The molecule has 0 heterocycles. The molecule has 0 aliphatic rings. The number of Topliss-reactive ketones (excluding diaryl/α,β-unsaturated/α-hetero) is 1. The number of hydrogen-bond donors (Lipinski definition) is 1. The normalized spacial score (nSPS) is 10.3. The molecular weight excluding hydrogens is 242 g/mol. The molecule has 1 N–H and O–H groups in total. The van der Waals surface area contributed by atoms with Crippen molar-refractivity contribution in [3.05, 3.63) is 33.3 Å². The number of aryl methyl sites for hydroxylation is 1. The Kier molecular flexibility index (Phi) is 3.84. The van der Waals surface area contributed by atoms with E-state index in [-0.39, 0.29) is 5.78 Å². The molecule has 0 amide bonds. The van der Waals surface area contributed by atoms with Crippen LogP contribution < -0.4 is 5.32 Å². The molecule has 14 heavy (non-hydrogen) atoms. The molecule has 1 rings (SSSR count). The van der Waals surface area contributed by atoms with Crippen molar-refractivity contribution in [3.8, 4) is 0 Å². The number of halogens is 1. The Morgan fingerprint density at radius 3 is 2.64 bits per heavy atom. The first kappa shape index (κ1) is 11.4. The van der Waals surface area contributed by atoms with Crippen LogP contribution in [0.1, 0.15) is 21.5 Å². The number of rotatable bonds is 3. The fourth-order valence-corrected chi connectivity index (χ4v) is 1.93. The largest absolute Gasteiger partial charge is 0.313 e. The Balaban J connectivity index is 3.13. The second-order valence-corrected chi connectivity index (χ2v) is 4.23. The lowest BCUT2D eigenvalue weighted by Gasteiger charge is -2.08. The summed E-state index contributed by atoms with van der Waals surface area (Å²) in [6, 6.07) is 3.95. The Hall–Kier alpha value is -0.670. The van der Waals surface area contributed by atoms with Crippen LogP contribution in [0.3, 0.4) is 0 Å². The van der Waals surface area contributed by atoms with E-state index in [0.717, 1.165) is 21.2 Å². The van der Waals surface area contributed by atoms with Gasteiger partial charge in [0, 0.05) is 10.0 Å². The average Bonchev–Trinajstić information content (AvgIpc) is 2.11. The summed E-state index contributed by atoms with van der Waals surface area (Å²) in [5, 5.41) is 2.87. The van der Waals surface area contributed by atoms with E-state index in [2.05, 4.69) is 21.2 Å². The van der Waals surface area contributed by atoms with Crippen LogP contribution in [0.25, 0.3) is 0 Å². The van der Waals surface area contributed by atoms with Gasteiger partial charge in [0.2, 0.25) is 0 Å². The molecule has 0 aliphatic carbocycles. The minimum absolute atomic E-state index is 0.134. The van der Waals surface area contributed by atoms with Gasteiger partial charge in [-0.1, -0.05) is 15.9 Å². The third kappa shape index (κ3) is 2.42. The Morgan fingerprint density at radius 1 is 1.43 bits per heavy atom. The topological polar surface area (TPSA) is 29.1 Å². The fraction of sp³-hybridized carbons (Fsp3) is 0.364. The lowest BCUT2D eigenvalue weighted by atomic mass is 10.0.